The van der Waals surface area contributed by atoms with Crippen molar-refractivity contribution in [1.29, 1.82) is 0 Å². The Balaban J connectivity index is 1.67. The molecule has 3 rings (SSSR count). The molecule has 0 radical (unpaired) electrons. The Kier molecular flexibility index (Phi) is 6.20. The number of alkyl halides is 3. The summed E-state index contributed by atoms with van der Waals surface area (Å²) < 4.78 is 49.1. The number of carboxylic acid groups (broad SMARTS) is 1. The number of nitrogens with zero attached hydrogens (tertiary/aromatic N) is 1. The summed E-state index contributed by atoms with van der Waals surface area (Å²) in [5.74, 6) is -1.12. The average Bonchev–Trinajstić information content (AvgIpc) is 2.70. The highest BCUT2D eigenvalue weighted by molar-refractivity contribution is 5.80. The number of rotatable bonds is 7. The molecule has 0 aliphatic heterocycles. The number of hydrogen-bond acceptors (Lipinski definition) is 5. The van der Waals surface area contributed by atoms with E-state index in [0.29, 0.717) is 22.2 Å². The van der Waals surface area contributed by atoms with Crippen LogP contribution in [0.3, 0.4) is 0 Å². The van der Waals surface area contributed by atoms with E-state index in [-0.39, 0.29) is 25.3 Å². The van der Waals surface area contributed by atoms with Crippen molar-refractivity contribution in [3.63, 3.8) is 0 Å². The van der Waals surface area contributed by atoms with Crippen LogP contribution in [0.2, 0.25) is 0 Å². The quantitative estimate of drug-likeness (QED) is 0.545. The highest BCUT2D eigenvalue weighted by Crippen LogP contribution is 2.32. The van der Waals surface area contributed by atoms with E-state index >= 15 is 0 Å². The smallest absolute Gasteiger partial charge is 0.416 e. The van der Waals surface area contributed by atoms with Gasteiger partial charge in [0.1, 0.15) is 12.4 Å². The van der Waals surface area contributed by atoms with Gasteiger partial charge < -0.3 is 14.6 Å². The molecule has 0 aliphatic rings. The molecule has 0 spiro atoms. The van der Waals surface area contributed by atoms with Crippen molar-refractivity contribution in [2.45, 2.75) is 25.6 Å². The number of carboxylic acids is 1. The van der Waals surface area contributed by atoms with Crippen molar-refractivity contribution >= 4 is 22.8 Å². The molecule has 0 bridgehead atoms. The zero-order valence-electron chi connectivity index (χ0n) is 15.5. The molecule has 1 heterocycles. The third-order valence-corrected chi connectivity index (χ3v) is 4.05. The van der Waals surface area contributed by atoms with Gasteiger partial charge >= 0.3 is 18.1 Å². The number of carbonyl (C=O) groups excluding carboxylic acids is 1. The molecule has 9 heteroatoms. The molecule has 0 saturated heterocycles. The first kappa shape index (κ1) is 21.1. The summed E-state index contributed by atoms with van der Waals surface area (Å²) in [7, 11) is 0. The van der Waals surface area contributed by atoms with Crippen molar-refractivity contribution in [3.05, 3.63) is 65.7 Å². The molecule has 0 saturated carbocycles. The SMILES string of the molecule is O=C(O)CCC(=O)OCc1cccc(Oc2ccc3cc(C(F)(F)F)ccc3n2)c1. The van der Waals surface area contributed by atoms with Crippen LogP contribution in [0.25, 0.3) is 10.9 Å². The summed E-state index contributed by atoms with van der Waals surface area (Å²) in [6.07, 6.45) is -4.95. The number of aliphatic carboxylic acids is 1. The van der Waals surface area contributed by atoms with Crippen LogP contribution < -0.4 is 4.74 Å². The molecular weight excluding hydrogens is 403 g/mol. The van der Waals surface area contributed by atoms with Crippen LogP contribution >= 0.6 is 0 Å². The van der Waals surface area contributed by atoms with Crippen molar-refractivity contribution < 1.29 is 37.3 Å². The van der Waals surface area contributed by atoms with E-state index in [1.54, 1.807) is 24.3 Å². The number of carbonyl (C=O) groups is 2. The molecular formula is C21H16F3NO5. The minimum absolute atomic E-state index is 0.0545. The van der Waals surface area contributed by atoms with E-state index < -0.39 is 23.7 Å². The Bertz CT molecular complexity index is 1080. The third-order valence-electron chi connectivity index (χ3n) is 4.05. The van der Waals surface area contributed by atoms with Gasteiger partial charge in [-0.3, -0.25) is 9.59 Å². The van der Waals surface area contributed by atoms with Gasteiger partial charge in [0.15, 0.2) is 0 Å². The first-order valence-corrected chi connectivity index (χ1v) is 8.83. The van der Waals surface area contributed by atoms with Crippen LogP contribution in [-0.4, -0.2) is 22.0 Å². The van der Waals surface area contributed by atoms with Gasteiger partial charge in [-0.15, -0.1) is 0 Å². The largest absolute Gasteiger partial charge is 0.481 e. The van der Waals surface area contributed by atoms with Gasteiger partial charge in [0.05, 0.1) is 23.9 Å². The summed E-state index contributed by atoms with van der Waals surface area (Å²) >= 11 is 0. The Morgan fingerprint density at radius 1 is 1.00 bits per heavy atom. The zero-order chi connectivity index (χ0) is 21.7. The minimum atomic E-state index is -4.43. The lowest BCUT2D eigenvalue weighted by molar-refractivity contribution is -0.148. The zero-order valence-corrected chi connectivity index (χ0v) is 15.5. The van der Waals surface area contributed by atoms with E-state index in [4.69, 9.17) is 14.6 Å². The van der Waals surface area contributed by atoms with E-state index in [2.05, 4.69) is 4.98 Å². The predicted octanol–water partition coefficient (Wildman–Crippen LogP) is 4.95. The molecule has 2 aromatic carbocycles. The van der Waals surface area contributed by atoms with Crippen LogP contribution in [0, 0.1) is 0 Å². The van der Waals surface area contributed by atoms with Crippen LogP contribution in [0.1, 0.15) is 24.0 Å². The maximum Gasteiger partial charge on any atom is 0.416 e. The molecule has 0 fully saturated rings. The van der Waals surface area contributed by atoms with Crippen LogP contribution in [0.4, 0.5) is 13.2 Å². The van der Waals surface area contributed by atoms with Gasteiger partial charge in [0.2, 0.25) is 5.88 Å². The van der Waals surface area contributed by atoms with Crippen molar-refractivity contribution in [2.24, 2.45) is 0 Å². The van der Waals surface area contributed by atoms with E-state index in [1.165, 1.54) is 18.2 Å². The molecule has 0 aliphatic carbocycles. The third kappa shape index (κ3) is 5.69. The maximum atomic E-state index is 12.8. The van der Waals surface area contributed by atoms with Gasteiger partial charge in [-0.05, 0) is 42.0 Å². The number of pyridine rings is 1. The number of hydrogen-bond donors (Lipinski definition) is 1. The molecule has 30 heavy (non-hydrogen) atoms. The van der Waals surface area contributed by atoms with Gasteiger partial charge in [-0.2, -0.15) is 13.2 Å². The second-order valence-electron chi connectivity index (χ2n) is 6.36. The highest BCUT2D eigenvalue weighted by atomic mass is 19.4. The number of ether oxygens (including phenoxy) is 2. The van der Waals surface area contributed by atoms with E-state index in [0.717, 1.165) is 12.1 Å². The second kappa shape index (κ2) is 8.81. The summed E-state index contributed by atoms with van der Waals surface area (Å²) in [6.45, 7) is -0.0545. The summed E-state index contributed by atoms with van der Waals surface area (Å²) in [5, 5.41) is 8.89. The summed E-state index contributed by atoms with van der Waals surface area (Å²) in [6, 6.07) is 12.8. The van der Waals surface area contributed by atoms with Crippen LogP contribution in [-0.2, 0) is 27.1 Å². The number of benzene rings is 2. The van der Waals surface area contributed by atoms with Gasteiger partial charge in [-0.25, -0.2) is 4.98 Å². The molecule has 156 valence electrons. The van der Waals surface area contributed by atoms with Gasteiger partial charge in [0, 0.05) is 11.5 Å². The van der Waals surface area contributed by atoms with Gasteiger partial charge in [0.25, 0.3) is 0 Å². The average molecular weight is 419 g/mol. The van der Waals surface area contributed by atoms with E-state index in [1.807, 2.05) is 0 Å². The number of fused-ring (bicyclic) bond motifs is 1. The second-order valence-corrected chi connectivity index (χ2v) is 6.36. The fraction of sp³-hybridized carbons (Fsp3) is 0.190. The topological polar surface area (TPSA) is 85.7 Å². The number of esters is 1. The molecule has 0 unspecified atom stereocenters. The molecule has 0 amide bonds. The lowest BCUT2D eigenvalue weighted by Crippen LogP contribution is -2.07. The first-order valence-electron chi connectivity index (χ1n) is 8.83. The molecule has 1 N–H and O–H groups in total. The lowest BCUT2D eigenvalue weighted by atomic mass is 10.1. The van der Waals surface area contributed by atoms with Gasteiger partial charge in [-0.1, -0.05) is 12.1 Å². The Morgan fingerprint density at radius 3 is 2.53 bits per heavy atom. The molecule has 3 aromatic rings. The monoisotopic (exact) mass is 419 g/mol. The molecule has 0 atom stereocenters. The van der Waals surface area contributed by atoms with Crippen molar-refractivity contribution in [2.75, 3.05) is 0 Å². The van der Waals surface area contributed by atoms with Crippen molar-refractivity contribution in [3.8, 4) is 11.6 Å². The number of halogens is 3. The lowest BCUT2D eigenvalue weighted by Gasteiger charge is -2.10. The summed E-state index contributed by atoms with van der Waals surface area (Å²) in [4.78, 5) is 26.2. The minimum Gasteiger partial charge on any atom is -0.481 e. The Morgan fingerprint density at radius 2 is 1.80 bits per heavy atom. The Labute approximate surface area is 168 Å². The van der Waals surface area contributed by atoms with Crippen molar-refractivity contribution in [1.82, 2.24) is 4.98 Å². The predicted molar refractivity (Wildman–Crippen MR) is 99.9 cm³/mol. The molecule has 6 nitrogen and oxygen atoms in total. The molecule has 1 aromatic heterocycles. The first-order chi connectivity index (χ1) is 14.2. The fourth-order valence-electron chi connectivity index (χ4n) is 2.60. The Hall–Kier alpha value is -3.62. The fourth-order valence-corrected chi connectivity index (χ4v) is 2.60. The highest BCUT2D eigenvalue weighted by Gasteiger charge is 2.30. The maximum absolute atomic E-state index is 12.8. The van der Waals surface area contributed by atoms with Crippen LogP contribution in [0.15, 0.2) is 54.6 Å². The standard InChI is InChI=1S/C21H16F3NO5/c22-21(23,24)15-5-6-17-14(11-15)4-7-18(25-17)30-16-3-1-2-13(10-16)12-29-20(28)9-8-19(26)27/h1-7,10-11H,8-9,12H2,(H,26,27). The number of aromatic nitrogens is 1. The normalized spacial score (nSPS) is 11.3. The van der Waals surface area contributed by atoms with Crippen LogP contribution in [0.5, 0.6) is 11.6 Å². The summed E-state index contributed by atoms with van der Waals surface area (Å²) in [5.41, 5.74) is 0.215. The van der Waals surface area contributed by atoms with E-state index in [9.17, 15) is 22.8 Å².